The minimum Gasteiger partial charge on any atom is -0.478 e. The monoisotopic (exact) mass is 550 g/mol. The summed E-state index contributed by atoms with van der Waals surface area (Å²) in [5.41, 5.74) is -7.09. The van der Waals surface area contributed by atoms with Crippen molar-refractivity contribution in [2.45, 2.75) is 38.0 Å². The molecule has 0 aromatic heterocycles. The highest BCUT2D eigenvalue weighted by Gasteiger charge is 2.48. The largest absolute Gasteiger partial charge is 0.478 e. The molecule has 0 amide bonds. The average Bonchev–Trinajstić information content (AvgIpc) is 2.85. The third-order valence-corrected chi connectivity index (χ3v) is 7.07. The lowest BCUT2D eigenvalue weighted by Gasteiger charge is -2.39. The van der Waals surface area contributed by atoms with E-state index in [2.05, 4.69) is 0 Å². The zero-order valence-electron chi connectivity index (χ0n) is 20.0. The smallest absolute Gasteiger partial charge is 0.416 e. The van der Waals surface area contributed by atoms with Crippen LogP contribution in [0.3, 0.4) is 0 Å². The number of ketones is 1. The summed E-state index contributed by atoms with van der Waals surface area (Å²) >= 11 is 0. The van der Waals surface area contributed by atoms with E-state index in [-0.39, 0.29) is 18.4 Å². The van der Waals surface area contributed by atoms with Crippen molar-refractivity contribution in [2.75, 3.05) is 0 Å². The highest BCUT2D eigenvalue weighted by Crippen LogP contribution is 2.46. The number of fused-ring (bicyclic) bond motifs is 1. The molecule has 0 aliphatic heterocycles. The van der Waals surface area contributed by atoms with Gasteiger partial charge in [0, 0.05) is 11.0 Å². The fraction of sp³-hybridized carbons (Fsp3) is 0.250. The van der Waals surface area contributed by atoms with E-state index in [1.54, 1.807) is 12.1 Å². The Bertz CT molecular complexity index is 1390. The minimum absolute atomic E-state index is 0.0754. The molecule has 0 radical (unpaired) electrons. The van der Waals surface area contributed by atoms with Gasteiger partial charge in [0.15, 0.2) is 5.78 Å². The molecule has 3 aromatic carbocycles. The Morgan fingerprint density at radius 2 is 1.18 bits per heavy atom. The molecule has 0 saturated carbocycles. The van der Waals surface area contributed by atoms with Gasteiger partial charge in [-0.05, 0) is 66.6 Å². The number of carboxylic acid groups (broad SMARTS) is 2. The van der Waals surface area contributed by atoms with Crippen molar-refractivity contribution in [3.8, 4) is 0 Å². The molecule has 2 N–H and O–H groups in total. The van der Waals surface area contributed by atoms with E-state index >= 15 is 0 Å². The molecule has 0 unspecified atom stereocenters. The number of halogens is 6. The first-order valence-electron chi connectivity index (χ1n) is 11.6. The second-order valence-corrected chi connectivity index (χ2v) is 9.39. The number of Topliss-reactive ketones (excluding diaryl/α,β-unsaturated/α-hetero) is 1. The highest BCUT2D eigenvalue weighted by molar-refractivity contribution is 6.04. The fourth-order valence-corrected chi connectivity index (χ4v) is 5.30. The summed E-state index contributed by atoms with van der Waals surface area (Å²) in [7, 11) is 0. The van der Waals surface area contributed by atoms with E-state index in [0.717, 1.165) is 24.3 Å². The van der Waals surface area contributed by atoms with Crippen LogP contribution in [0, 0.1) is 5.41 Å². The Labute approximate surface area is 217 Å². The van der Waals surface area contributed by atoms with Crippen LogP contribution in [-0.2, 0) is 31.6 Å². The maximum Gasteiger partial charge on any atom is 0.416 e. The van der Waals surface area contributed by atoms with Crippen LogP contribution in [0.25, 0.3) is 0 Å². The van der Waals surface area contributed by atoms with E-state index in [9.17, 15) is 50.9 Å². The van der Waals surface area contributed by atoms with Gasteiger partial charge in [0.05, 0.1) is 22.3 Å². The molecule has 0 bridgehead atoms. The molecule has 0 spiro atoms. The first kappa shape index (κ1) is 27.9. The van der Waals surface area contributed by atoms with Gasteiger partial charge in [-0.15, -0.1) is 0 Å². The molecule has 1 aliphatic carbocycles. The summed E-state index contributed by atoms with van der Waals surface area (Å²) in [5.74, 6) is -4.21. The molecule has 0 saturated heterocycles. The van der Waals surface area contributed by atoms with Crippen molar-refractivity contribution in [3.05, 3.63) is 105 Å². The minimum atomic E-state index is -5.03. The van der Waals surface area contributed by atoms with Crippen LogP contribution in [0.5, 0.6) is 0 Å². The molecule has 39 heavy (non-hydrogen) atoms. The Balaban J connectivity index is 2.01. The van der Waals surface area contributed by atoms with Crippen molar-refractivity contribution in [2.24, 2.45) is 5.41 Å². The number of hydrogen-bond donors (Lipinski definition) is 2. The first-order chi connectivity index (χ1) is 18.2. The van der Waals surface area contributed by atoms with E-state index in [0.29, 0.717) is 17.7 Å². The maximum atomic E-state index is 14.0. The number of carbonyl (C=O) groups excluding carboxylic acids is 1. The molecule has 5 nitrogen and oxygen atoms in total. The topological polar surface area (TPSA) is 91.7 Å². The molecule has 0 heterocycles. The van der Waals surface area contributed by atoms with Crippen LogP contribution in [0.1, 0.15) is 65.3 Å². The van der Waals surface area contributed by atoms with Crippen molar-refractivity contribution >= 4 is 17.7 Å². The molecule has 3 aromatic rings. The second-order valence-electron chi connectivity index (χ2n) is 9.39. The zero-order valence-corrected chi connectivity index (χ0v) is 20.0. The summed E-state index contributed by atoms with van der Waals surface area (Å²) < 4.78 is 84.1. The highest BCUT2D eigenvalue weighted by atomic mass is 19.4. The third-order valence-electron chi connectivity index (χ3n) is 7.07. The van der Waals surface area contributed by atoms with E-state index < -0.39 is 81.7 Å². The SMILES string of the molecule is O=C(O)c1cccc(C(F)(F)F)c1CC1(Cc2c(C(=O)O)cccc2C(F)(F)F)CCc2ccccc2C1=O. The number of rotatable bonds is 6. The Kier molecular flexibility index (Phi) is 7.05. The van der Waals surface area contributed by atoms with Crippen LogP contribution >= 0.6 is 0 Å². The van der Waals surface area contributed by atoms with Gasteiger partial charge in [-0.2, -0.15) is 26.3 Å². The summed E-state index contributed by atoms with van der Waals surface area (Å²) in [5, 5.41) is 19.3. The average molecular weight is 550 g/mol. The van der Waals surface area contributed by atoms with Crippen LogP contribution < -0.4 is 0 Å². The van der Waals surface area contributed by atoms with Gasteiger partial charge in [0.2, 0.25) is 0 Å². The van der Waals surface area contributed by atoms with Crippen LogP contribution in [0.15, 0.2) is 60.7 Å². The standard InChI is InChI=1S/C28H20F6O5/c29-27(30,31)21-9-3-7-17(24(36)37)19(21)13-26(12-11-15-5-1-2-6-16(15)23(26)35)14-20-18(25(38)39)8-4-10-22(20)28(32,33)34/h1-10H,11-14H2,(H,36,37)(H,38,39). The van der Waals surface area contributed by atoms with Crippen molar-refractivity contribution in [1.29, 1.82) is 0 Å². The normalized spacial score (nSPS) is 15.1. The zero-order chi connectivity index (χ0) is 28.8. The first-order valence-corrected chi connectivity index (χ1v) is 11.6. The van der Waals surface area contributed by atoms with Gasteiger partial charge in [-0.25, -0.2) is 9.59 Å². The van der Waals surface area contributed by atoms with E-state index in [4.69, 9.17) is 0 Å². The molecular weight excluding hydrogens is 530 g/mol. The molecule has 0 fully saturated rings. The number of carbonyl (C=O) groups is 3. The lowest BCUT2D eigenvalue weighted by molar-refractivity contribution is -0.138. The predicted molar refractivity (Wildman–Crippen MR) is 126 cm³/mol. The molecule has 204 valence electrons. The van der Waals surface area contributed by atoms with Crippen molar-refractivity contribution in [3.63, 3.8) is 0 Å². The molecule has 1 aliphatic rings. The summed E-state index contributed by atoms with van der Waals surface area (Å²) in [4.78, 5) is 37.8. The van der Waals surface area contributed by atoms with Crippen LogP contribution in [-0.4, -0.2) is 27.9 Å². The number of benzene rings is 3. The Morgan fingerprint density at radius 1 is 0.718 bits per heavy atom. The quantitative estimate of drug-likeness (QED) is 0.333. The van der Waals surface area contributed by atoms with E-state index in [1.165, 1.54) is 12.1 Å². The number of aromatic carboxylic acids is 2. The van der Waals surface area contributed by atoms with Gasteiger partial charge in [0.1, 0.15) is 0 Å². The van der Waals surface area contributed by atoms with Gasteiger partial charge < -0.3 is 10.2 Å². The van der Waals surface area contributed by atoms with Gasteiger partial charge in [-0.1, -0.05) is 36.4 Å². The Morgan fingerprint density at radius 3 is 1.62 bits per heavy atom. The van der Waals surface area contributed by atoms with Crippen LogP contribution in [0.2, 0.25) is 0 Å². The molecular formula is C28H20F6O5. The fourth-order valence-electron chi connectivity index (χ4n) is 5.30. The number of aryl methyl sites for hydroxylation is 1. The number of carboxylic acids is 2. The Hall–Kier alpha value is -4.15. The number of alkyl halides is 6. The summed E-state index contributed by atoms with van der Waals surface area (Å²) in [6.07, 6.45) is -12.0. The van der Waals surface area contributed by atoms with Crippen LogP contribution in [0.4, 0.5) is 26.3 Å². The molecule has 0 atom stereocenters. The molecule has 4 rings (SSSR count). The summed E-state index contributed by atoms with van der Waals surface area (Å²) in [6.45, 7) is 0. The van der Waals surface area contributed by atoms with Crippen molar-refractivity contribution < 1.29 is 50.9 Å². The van der Waals surface area contributed by atoms with Gasteiger partial charge >= 0.3 is 24.3 Å². The van der Waals surface area contributed by atoms with Crippen molar-refractivity contribution in [1.82, 2.24) is 0 Å². The van der Waals surface area contributed by atoms with E-state index in [1.807, 2.05) is 0 Å². The predicted octanol–water partition coefficient (Wildman–Crippen LogP) is 6.72. The lowest BCUT2D eigenvalue weighted by Crippen LogP contribution is -2.41. The lowest BCUT2D eigenvalue weighted by atomic mass is 9.63. The second kappa shape index (κ2) is 9.87. The molecule has 11 heteroatoms. The van der Waals surface area contributed by atoms with Gasteiger partial charge in [-0.3, -0.25) is 4.79 Å². The summed E-state index contributed by atoms with van der Waals surface area (Å²) in [6, 6.07) is 11.0. The van der Waals surface area contributed by atoms with Gasteiger partial charge in [0.25, 0.3) is 0 Å². The number of hydrogen-bond acceptors (Lipinski definition) is 3. The maximum absolute atomic E-state index is 14.0. The third kappa shape index (κ3) is 5.25.